The lowest BCUT2D eigenvalue weighted by Gasteiger charge is -2.37. The van der Waals surface area contributed by atoms with Crippen LogP contribution in [0.1, 0.15) is 24.0 Å². The summed E-state index contributed by atoms with van der Waals surface area (Å²) in [4.78, 5) is 2.20. The summed E-state index contributed by atoms with van der Waals surface area (Å²) in [7, 11) is 0. The molecule has 2 nitrogen and oxygen atoms in total. The van der Waals surface area contributed by atoms with Gasteiger partial charge in [0.1, 0.15) is 4.99 Å². The molecular formula is C18H22N2S. The minimum Gasteiger partial charge on any atom is -0.305 e. The van der Waals surface area contributed by atoms with E-state index in [9.17, 15) is 0 Å². The number of nitrogens with zero attached hydrogens (tertiary/aromatic N) is 1. The van der Waals surface area contributed by atoms with E-state index in [0.29, 0.717) is 0 Å². The lowest BCUT2D eigenvalue weighted by atomic mass is 10.1. The molecule has 1 fully saturated rings. The van der Waals surface area contributed by atoms with Crippen LogP contribution in [0, 0.1) is 0 Å². The van der Waals surface area contributed by atoms with Crippen LogP contribution in [0.15, 0.2) is 60.7 Å². The van der Waals surface area contributed by atoms with Gasteiger partial charge < -0.3 is 5.73 Å². The SMILES string of the molecule is NC1(N(Cc2ccccc2)Cc2ccccc2)CCCS1. The van der Waals surface area contributed by atoms with Crippen LogP contribution in [0.3, 0.4) is 0 Å². The van der Waals surface area contributed by atoms with Crippen molar-refractivity contribution in [3.8, 4) is 0 Å². The van der Waals surface area contributed by atoms with Crippen LogP contribution in [-0.2, 0) is 13.1 Å². The van der Waals surface area contributed by atoms with E-state index in [1.54, 1.807) is 0 Å². The second kappa shape index (κ2) is 6.65. The maximum atomic E-state index is 6.69. The molecule has 2 aromatic rings. The predicted molar refractivity (Wildman–Crippen MR) is 90.7 cm³/mol. The average Bonchev–Trinajstić information content (AvgIpc) is 2.97. The fourth-order valence-corrected chi connectivity index (χ4v) is 4.07. The third kappa shape index (κ3) is 3.67. The molecule has 1 unspecified atom stereocenters. The van der Waals surface area contributed by atoms with Crippen LogP contribution >= 0.6 is 11.8 Å². The summed E-state index contributed by atoms with van der Waals surface area (Å²) in [5.74, 6) is 1.16. The molecule has 0 aromatic heterocycles. The molecule has 1 heterocycles. The molecule has 2 aromatic carbocycles. The molecule has 0 bridgehead atoms. The Morgan fingerprint density at radius 3 is 1.86 bits per heavy atom. The first kappa shape index (κ1) is 14.6. The molecule has 1 aliphatic rings. The topological polar surface area (TPSA) is 29.3 Å². The van der Waals surface area contributed by atoms with E-state index in [1.807, 2.05) is 11.8 Å². The third-order valence-electron chi connectivity index (χ3n) is 4.00. The largest absolute Gasteiger partial charge is 0.305 e. The van der Waals surface area contributed by atoms with Gasteiger partial charge in [-0.25, -0.2) is 0 Å². The van der Waals surface area contributed by atoms with Crippen molar-refractivity contribution >= 4 is 11.8 Å². The smallest absolute Gasteiger partial charge is 0.117 e. The molecule has 1 aliphatic heterocycles. The predicted octanol–water partition coefficient (Wildman–Crippen LogP) is 3.83. The van der Waals surface area contributed by atoms with Crippen LogP contribution in [0.25, 0.3) is 0 Å². The highest BCUT2D eigenvalue weighted by Gasteiger charge is 2.36. The number of thioether (sulfide) groups is 1. The number of rotatable bonds is 5. The lowest BCUT2D eigenvalue weighted by Crippen LogP contribution is -2.50. The van der Waals surface area contributed by atoms with E-state index in [4.69, 9.17) is 5.73 Å². The fraction of sp³-hybridized carbons (Fsp3) is 0.333. The summed E-state index contributed by atoms with van der Waals surface area (Å²) >= 11 is 1.89. The number of hydrogen-bond donors (Lipinski definition) is 1. The standard InChI is InChI=1S/C18H22N2S/c19-18(12-7-13-21-18)20(14-16-8-3-1-4-9-16)15-17-10-5-2-6-11-17/h1-6,8-11H,7,12-15,19H2. The Morgan fingerprint density at radius 1 is 0.905 bits per heavy atom. The van der Waals surface area contributed by atoms with Gasteiger partial charge in [-0.2, -0.15) is 0 Å². The first-order chi connectivity index (χ1) is 10.3. The van der Waals surface area contributed by atoms with Crippen LogP contribution in [0.2, 0.25) is 0 Å². The van der Waals surface area contributed by atoms with Gasteiger partial charge in [0, 0.05) is 13.1 Å². The summed E-state index contributed by atoms with van der Waals surface area (Å²) in [6.07, 6.45) is 2.28. The van der Waals surface area contributed by atoms with Crippen molar-refractivity contribution in [1.82, 2.24) is 4.90 Å². The van der Waals surface area contributed by atoms with Gasteiger partial charge in [0.15, 0.2) is 0 Å². The molecule has 0 aliphatic carbocycles. The maximum Gasteiger partial charge on any atom is 0.117 e. The van der Waals surface area contributed by atoms with E-state index >= 15 is 0 Å². The summed E-state index contributed by atoms with van der Waals surface area (Å²) in [6.45, 7) is 1.80. The normalized spacial score (nSPS) is 21.8. The van der Waals surface area contributed by atoms with Gasteiger partial charge in [0.05, 0.1) is 0 Å². The Labute approximate surface area is 131 Å². The third-order valence-corrected chi connectivity index (χ3v) is 5.45. The van der Waals surface area contributed by atoms with Crippen molar-refractivity contribution in [3.05, 3.63) is 71.8 Å². The first-order valence-corrected chi connectivity index (χ1v) is 8.51. The molecule has 2 N–H and O–H groups in total. The van der Waals surface area contributed by atoms with E-state index in [-0.39, 0.29) is 4.99 Å². The monoisotopic (exact) mass is 298 g/mol. The Morgan fingerprint density at radius 2 is 1.43 bits per heavy atom. The Balaban J connectivity index is 1.81. The molecule has 0 radical (unpaired) electrons. The number of benzene rings is 2. The van der Waals surface area contributed by atoms with Crippen molar-refractivity contribution in [1.29, 1.82) is 0 Å². The highest BCUT2D eigenvalue weighted by atomic mass is 32.2. The van der Waals surface area contributed by atoms with E-state index in [1.165, 1.54) is 17.5 Å². The molecule has 1 atom stereocenters. The van der Waals surface area contributed by atoms with Crippen LogP contribution < -0.4 is 5.73 Å². The quantitative estimate of drug-likeness (QED) is 0.851. The van der Waals surface area contributed by atoms with E-state index in [2.05, 4.69) is 65.6 Å². The molecule has 1 saturated heterocycles. The Kier molecular flexibility index (Phi) is 4.63. The van der Waals surface area contributed by atoms with Crippen molar-refractivity contribution in [3.63, 3.8) is 0 Å². The fourth-order valence-electron chi connectivity index (χ4n) is 2.83. The van der Waals surface area contributed by atoms with Crippen LogP contribution in [-0.4, -0.2) is 15.6 Å². The number of hydrogen-bond acceptors (Lipinski definition) is 3. The molecule has 3 rings (SSSR count). The van der Waals surface area contributed by atoms with Gasteiger partial charge >= 0.3 is 0 Å². The van der Waals surface area contributed by atoms with Crippen molar-refractivity contribution in [2.24, 2.45) is 5.73 Å². The zero-order chi connectivity index (χ0) is 14.5. The lowest BCUT2D eigenvalue weighted by molar-refractivity contribution is 0.150. The Hall–Kier alpha value is -1.29. The summed E-state index contributed by atoms with van der Waals surface area (Å²) in [5, 5.41) is 0. The zero-order valence-electron chi connectivity index (χ0n) is 12.2. The van der Waals surface area contributed by atoms with Gasteiger partial charge in [-0.05, 0) is 29.7 Å². The number of nitrogens with two attached hydrogens (primary N) is 1. The van der Waals surface area contributed by atoms with Crippen LogP contribution in [0.4, 0.5) is 0 Å². The molecule has 21 heavy (non-hydrogen) atoms. The second-order valence-electron chi connectivity index (χ2n) is 5.62. The van der Waals surface area contributed by atoms with E-state index in [0.717, 1.165) is 25.3 Å². The second-order valence-corrected chi connectivity index (χ2v) is 7.03. The molecule has 0 amide bonds. The highest BCUT2D eigenvalue weighted by molar-refractivity contribution is 8.00. The van der Waals surface area contributed by atoms with Gasteiger partial charge in [0.2, 0.25) is 0 Å². The van der Waals surface area contributed by atoms with E-state index < -0.39 is 0 Å². The minimum absolute atomic E-state index is 0.230. The molecule has 0 spiro atoms. The van der Waals surface area contributed by atoms with Crippen molar-refractivity contribution in [2.75, 3.05) is 5.75 Å². The molecular weight excluding hydrogens is 276 g/mol. The Bertz CT molecular complexity index is 508. The van der Waals surface area contributed by atoms with Gasteiger partial charge in [-0.1, -0.05) is 60.7 Å². The minimum atomic E-state index is -0.230. The molecule has 0 saturated carbocycles. The van der Waals surface area contributed by atoms with Gasteiger partial charge in [-0.15, -0.1) is 11.8 Å². The zero-order valence-corrected chi connectivity index (χ0v) is 13.1. The van der Waals surface area contributed by atoms with Gasteiger partial charge in [0.25, 0.3) is 0 Å². The average molecular weight is 298 g/mol. The summed E-state index contributed by atoms with van der Waals surface area (Å²) in [5.41, 5.74) is 9.34. The first-order valence-electron chi connectivity index (χ1n) is 7.52. The van der Waals surface area contributed by atoms with Gasteiger partial charge in [-0.3, -0.25) is 4.90 Å². The molecule has 3 heteroatoms. The van der Waals surface area contributed by atoms with Crippen LogP contribution in [0.5, 0.6) is 0 Å². The summed E-state index contributed by atoms with van der Waals surface area (Å²) < 4.78 is 0. The highest BCUT2D eigenvalue weighted by Crippen LogP contribution is 2.38. The van der Waals surface area contributed by atoms with Crippen molar-refractivity contribution in [2.45, 2.75) is 30.9 Å². The van der Waals surface area contributed by atoms with Crippen molar-refractivity contribution < 1.29 is 0 Å². The molecule has 110 valence electrons. The summed E-state index contributed by atoms with van der Waals surface area (Å²) in [6, 6.07) is 21.2. The maximum absolute atomic E-state index is 6.69.